The molecule has 146 valence electrons. The van der Waals surface area contributed by atoms with Gasteiger partial charge >= 0.3 is 11.9 Å². The van der Waals surface area contributed by atoms with Crippen molar-refractivity contribution < 1.29 is 28.6 Å². The minimum Gasteiger partial charge on any atom is -0.466 e. The van der Waals surface area contributed by atoms with E-state index in [4.69, 9.17) is 14.2 Å². The number of hydrogen-bond donors (Lipinski definition) is 1. The third kappa shape index (κ3) is 5.07. The summed E-state index contributed by atoms with van der Waals surface area (Å²) in [6.07, 6.45) is 2.25. The quantitative estimate of drug-likeness (QED) is 0.729. The Bertz CT molecular complexity index is 726. The van der Waals surface area contributed by atoms with E-state index in [0.717, 1.165) is 12.8 Å². The van der Waals surface area contributed by atoms with Crippen LogP contribution < -0.4 is 10.2 Å². The van der Waals surface area contributed by atoms with Gasteiger partial charge in [0.2, 0.25) is 5.91 Å². The van der Waals surface area contributed by atoms with E-state index in [9.17, 15) is 14.4 Å². The number of nitrogens with zero attached hydrogens (tertiary/aromatic N) is 1. The normalized spacial score (nSPS) is 14.0. The molecule has 0 unspecified atom stereocenters. The SMILES string of the molecule is CCCCC(=O)Nc1ccc(N2COCC(C(=O)OC)=C2C(=O)OC)cc1. The van der Waals surface area contributed by atoms with E-state index in [-0.39, 0.29) is 30.5 Å². The smallest absolute Gasteiger partial charge is 0.355 e. The van der Waals surface area contributed by atoms with Crippen molar-refractivity contribution in [2.45, 2.75) is 26.2 Å². The largest absolute Gasteiger partial charge is 0.466 e. The molecule has 1 aromatic rings. The van der Waals surface area contributed by atoms with Gasteiger partial charge in [0.15, 0.2) is 0 Å². The molecule has 8 nitrogen and oxygen atoms in total. The highest BCUT2D eigenvalue weighted by molar-refractivity contribution is 6.03. The second-order valence-electron chi connectivity index (χ2n) is 5.91. The molecule has 0 aliphatic carbocycles. The minimum absolute atomic E-state index is 0.0425. The van der Waals surface area contributed by atoms with E-state index in [1.807, 2.05) is 6.92 Å². The molecule has 0 saturated carbocycles. The first-order chi connectivity index (χ1) is 13.0. The highest BCUT2D eigenvalue weighted by Gasteiger charge is 2.32. The molecular formula is C19H24N2O6. The van der Waals surface area contributed by atoms with E-state index in [2.05, 4.69) is 5.32 Å². The molecule has 1 heterocycles. The summed E-state index contributed by atoms with van der Waals surface area (Å²) in [6, 6.07) is 6.89. The van der Waals surface area contributed by atoms with Gasteiger partial charge in [0.05, 0.1) is 26.4 Å². The van der Waals surface area contributed by atoms with Gasteiger partial charge in [-0.05, 0) is 30.7 Å². The maximum Gasteiger partial charge on any atom is 0.355 e. The first-order valence-corrected chi connectivity index (χ1v) is 8.66. The van der Waals surface area contributed by atoms with Gasteiger partial charge in [0.1, 0.15) is 12.4 Å². The zero-order chi connectivity index (χ0) is 19.8. The van der Waals surface area contributed by atoms with Gasteiger partial charge in [-0.15, -0.1) is 0 Å². The average molecular weight is 376 g/mol. The van der Waals surface area contributed by atoms with E-state index < -0.39 is 11.9 Å². The molecule has 1 amide bonds. The van der Waals surface area contributed by atoms with Crippen molar-refractivity contribution in [3.8, 4) is 0 Å². The first kappa shape index (κ1) is 20.4. The number of esters is 2. The van der Waals surface area contributed by atoms with Gasteiger partial charge < -0.3 is 24.4 Å². The Morgan fingerprint density at radius 3 is 2.37 bits per heavy atom. The topological polar surface area (TPSA) is 94.2 Å². The maximum atomic E-state index is 12.3. The Hall–Kier alpha value is -2.87. The van der Waals surface area contributed by atoms with Gasteiger partial charge in [-0.25, -0.2) is 9.59 Å². The number of unbranched alkanes of at least 4 members (excludes halogenated alkanes) is 1. The molecule has 0 aromatic heterocycles. The van der Waals surface area contributed by atoms with Crippen LogP contribution in [-0.2, 0) is 28.6 Å². The standard InChI is InChI=1S/C19H24N2O6/c1-4-5-6-16(22)20-13-7-9-14(10-8-13)21-12-27-11-15(18(23)25-2)17(21)19(24)26-3/h7-10H,4-6,11-12H2,1-3H3,(H,20,22). The first-order valence-electron chi connectivity index (χ1n) is 8.66. The number of nitrogens with one attached hydrogen (secondary N) is 1. The number of benzene rings is 1. The molecule has 0 saturated heterocycles. The number of methoxy groups -OCH3 is 2. The number of carbonyl (C=O) groups excluding carboxylic acids is 3. The molecule has 1 aliphatic heterocycles. The highest BCUT2D eigenvalue weighted by atomic mass is 16.5. The van der Waals surface area contributed by atoms with E-state index in [1.165, 1.54) is 19.1 Å². The van der Waals surface area contributed by atoms with E-state index >= 15 is 0 Å². The van der Waals surface area contributed by atoms with E-state index in [1.54, 1.807) is 24.3 Å². The predicted octanol–water partition coefficient (Wildman–Crippen LogP) is 2.21. The van der Waals surface area contributed by atoms with Gasteiger partial charge in [0, 0.05) is 17.8 Å². The zero-order valence-corrected chi connectivity index (χ0v) is 15.7. The Morgan fingerprint density at radius 2 is 1.78 bits per heavy atom. The fourth-order valence-corrected chi connectivity index (χ4v) is 2.63. The number of ether oxygens (including phenoxy) is 3. The lowest BCUT2D eigenvalue weighted by Crippen LogP contribution is -2.38. The van der Waals surface area contributed by atoms with Crippen LogP contribution in [0.2, 0.25) is 0 Å². The lowest BCUT2D eigenvalue weighted by atomic mass is 10.1. The second kappa shape index (κ2) is 9.72. The third-order valence-electron chi connectivity index (χ3n) is 4.05. The molecule has 0 fully saturated rings. The van der Waals surface area contributed by atoms with Crippen molar-refractivity contribution in [2.24, 2.45) is 0 Å². The summed E-state index contributed by atoms with van der Waals surface area (Å²) in [5, 5.41) is 2.82. The molecular weight excluding hydrogens is 352 g/mol. The average Bonchev–Trinajstić information content (AvgIpc) is 2.71. The minimum atomic E-state index is -0.657. The molecule has 1 aromatic carbocycles. The fraction of sp³-hybridized carbons (Fsp3) is 0.421. The molecule has 0 bridgehead atoms. The Balaban J connectivity index is 2.25. The van der Waals surface area contributed by atoms with Gasteiger partial charge in [0.25, 0.3) is 0 Å². The van der Waals surface area contributed by atoms with Crippen LogP contribution in [0.25, 0.3) is 0 Å². The summed E-state index contributed by atoms with van der Waals surface area (Å²) >= 11 is 0. The number of carbonyl (C=O) groups is 3. The van der Waals surface area contributed by atoms with Crippen LogP contribution in [0.5, 0.6) is 0 Å². The molecule has 27 heavy (non-hydrogen) atoms. The monoisotopic (exact) mass is 376 g/mol. The van der Waals surface area contributed by atoms with Crippen LogP contribution in [0.4, 0.5) is 11.4 Å². The summed E-state index contributed by atoms with van der Waals surface area (Å²) in [6.45, 7) is 2.06. The summed E-state index contributed by atoms with van der Waals surface area (Å²) < 4.78 is 15.0. The summed E-state index contributed by atoms with van der Waals surface area (Å²) in [7, 11) is 2.48. The lowest BCUT2D eigenvalue weighted by molar-refractivity contribution is -0.140. The molecule has 0 atom stereocenters. The second-order valence-corrected chi connectivity index (χ2v) is 5.91. The molecule has 0 spiro atoms. The van der Waals surface area contributed by atoms with Crippen molar-refractivity contribution in [1.82, 2.24) is 0 Å². The predicted molar refractivity (Wildman–Crippen MR) is 99.0 cm³/mol. The number of amides is 1. The van der Waals surface area contributed by atoms with Crippen LogP contribution >= 0.6 is 0 Å². The Kier molecular flexibility index (Phi) is 7.36. The maximum absolute atomic E-state index is 12.3. The van der Waals surface area contributed by atoms with Crippen molar-refractivity contribution >= 4 is 29.2 Å². The fourth-order valence-electron chi connectivity index (χ4n) is 2.63. The molecule has 2 rings (SSSR count). The summed E-state index contributed by atoms with van der Waals surface area (Å²) in [4.78, 5) is 37.6. The van der Waals surface area contributed by atoms with Crippen molar-refractivity contribution in [2.75, 3.05) is 37.8 Å². The number of rotatable bonds is 7. The number of anilines is 2. The Labute approximate surface area is 158 Å². The zero-order valence-electron chi connectivity index (χ0n) is 15.7. The van der Waals surface area contributed by atoms with Gasteiger partial charge in [-0.1, -0.05) is 13.3 Å². The van der Waals surface area contributed by atoms with Crippen LogP contribution in [-0.4, -0.2) is 45.4 Å². The molecule has 1 aliphatic rings. The lowest BCUT2D eigenvalue weighted by Gasteiger charge is -2.31. The van der Waals surface area contributed by atoms with Gasteiger partial charge in [-0.2, -0.15) is 0 Å². The summed E-state index contributed by atoms with van der Waals surface area (Å²) in [5.41, 5.74) is 1.43. The molecule has 8 heteroatoms. The van der Waals surface area contributed by atoms with Crippen molar-refractivity contribution in [3.05, 3.63) is 35.5 Å². The number of hydrogen-bond acceptors (Lipinski definition) is 7. The third-order valence-corrected chi connectivity index (χ3v) is 4.05. The van der Waals surface area contributed by atoms with Crippen molar-refractivity contribution in [3.63, 3.8) is 0 Å². The van der Waals surface area contributed by atoms with Crippen LogP contribution in [0.1, 0.15) is 26.2 Å². The van der Waals surface area contributed by atoms with Gasteiger partial charge in [-0.3, -0.25) is 4.79 Å². The van der Waals surface area contributed by atoms with Crippen molar-refractivity contribution in [1.29, 1.82) is 0 Å². The summed E-state index contributed by atoms with van der Waals surface area (Å²) in [5.74, 6) is -1.36. The molecule has 0 radical (unpaired) electrons. The van der Waals surface area contributed by atoms with Crippen LogP contribution in [0.3, 0.4) is 0 Å². The van der Waals surface area contributed by atoms with Crippen LogP contribution in [0, 0.1) is 0 Å². The highest BCUT2D eigenvalue weighted by Crippen LogP contribution is 2.27. The van der Waals surface area contributed by atoms with Crippen LogP contribution in [0.15, 0.2) is 35.5 Å². The van der Waals surface area contributed by atoms with E-state index in [0.29, 0.717) is 17.8 Å². The molecule has 1 N–H and O–H groups in total. The Morgan fingerprint density at radius 1 is 1.11 bits per heavy atom.